The van der Waals surface area contributed by atoms with Crippen LogP contribution in [-0.2, 0) is 18.4 Å². The lowest BCUT2D eigenvalue weighted by molar-refractivity contribution is -0.108. The fourth-order valence-corrected chi connectivity index (χ4v) is 1.20. The SMILES string of the molecule is Cc1c(C)n(CC=O)c(=O)n1C. The van der Waals surface area contributed by atoms with Crippen molar-refractivity contribution in [1.29, 1.82) is 0 Å². The predicted molar refractivity (Wildman–Crippen MR) is 45.2 cm³/mol. The van der Waals surface area contributed by atoms with Crippen molar-refractivity contribution in [3.05, 3.63) is 21.9 Å². The van der Waals surface area contributed by atoms with E-state index >= 15 is 0 Å². The third-order valence-corrected chi connectivity index (χ3v) is 2.21. The highest BCUT2D eigenvalue weighted by molar-refractivity contribution is 5.49. The molecule has 0 saturated heterocycles. The third kappa shape index (κ3) is 1.09. The first-order valence-corrected chi connectivity index (χ1v) is 3.76. The highest BCUT2D eigenvalue weighted by Crippen LogP contribution is 2.01. The average molecular weight is 168 g/mol. The van der Waals surface area contributed by atoms with Crippen LogP contribution in [0.2, 0.25) is 0 Å². The molecule has 12 heavy (non-hydrogen) atoms. The molecule has 0 atom stereocenters. The summed E-state index contributed by atoms with van der Waals surface area (Å²) in [4.78, 5) is 21.6. The molecule has 1 aromatic rings. The monoisotopic (exact) mass is 168 g/mol. The van der Waals surface area contributed by atoms with Gasteiger partial charge in [0.25, 0.3) is 0 Å². The van der Waals surface area contributed by atoms with Gasteiger partial charge in [-0.2, -0.15) is 0 Å². The van der Waals surface area contributed by atoms with Gasteiger partial charge in [-0.3, -0.25) is 9.13 Å². The normalized spacial score (nSPS) is 10.2. The van der Waals surface area contributed by atoms with Crippen molar-refractivity contribution in [3.8, 4) is 0 Å². The van der Waals surface area contributed by atoms with Gasteiger partial charge in [0.2, 0.25) is 0 Å². The Bertz CT molecular complexity index is 360. The van der Waals surface area contributed by atoms with Crippen LogP contribution in [-0.4, -0.2) is 15.4 Å². The minimum atomic E-state index is -0.128. The van der Waals surface area contributed by atoms with E-state index in [0.29, 0.717) is 0 Å². The van der Waals surface area contributed by atoms with Crippen LogP contribution in [0.4, 0.5) is 0 Å². The maximum Gasteiger partial charge on any atom is 0.328 e. The highest BCUT2D eigenvalue weighted by atomic mass is 16.2. The molecule has 4 nitrogen and oxygen atoms in total. The molecule has 0 unspecified atom stereocenters. The molecule has 0 aliphatic rings. The van der Waals surface area contributed by atoms with Crippen LogP contribution in [0.3, 0.4) is 0 Å². The van der Waals surface area contributed by atoms with Crippen LogP contribution in [0.15, 0.2) is 4.79 Å². The van der Waals surface area contributed by atoms with Gasteiger partial charge in [0, 0.05) is 18.4 Å². The van der Waals surface area contributed by atoms with Crippen molar-refractivity contribution in [3.63, 3.8) is 0 Å². The molecule has 0 aliphatic heterocycles. The molecule has 0 saturated carbocycles. The highest BCUT2D eigenvalue weighted by Gasteiger charge is 2.08. The van der Waals surface area contributed by atoms with Crippen molar-refractivity contribution < 1.29 is 4.79 Å². The van der Waals surface area contributed by atoms with E-state index in [-0.39, 0.29) is 12.2 Å². The minimum Gasteiger partial charge on any atom is -0.301 e. The Morgan fingerprint density at radius 2 is 1.92 bits per heavy atom. The van der Waals surface area contributed by atoms with Crippen LogP contribution in [0.1, 0.15) is 11.4 Å². The van der Waals surface area contributed by atoms with Crippen LogP contribution in [0.25, 0.3) is 0 Å². The van der Waals surface area contributed by atoms with Crippen molar-refractivity contribution in [1.82, 2.24) is 9.13 Å². The van der Waals surface area contributed by atoms with Gasteiger partial charge in [0.05, 0.1) is 6.54 Å². The van der Waals surface area contributed by atoms with Gasteiger partial charge >= 0.3 is 5.69 Å². The van der Waals surface area contributed by atoms with E-state index in [0.717, 1.165) is 17.7 Å². The van der Waals surface area contributed by atoms with Crippen LogP contribution in [0.5, 0.6) is 0 Å². The molecular weight excluding hydrogens is 156 g/mol. The Morgan fingerprint density at radius 3 is 2.25 bits per heavy atom. The molecular formula is C8H12N2O2. The summed E-state index contributed by atoms with van der Waals surface area (Å²) in [5.41, 5.74) is 1.63. The zero-order valence-electron chi connectivity index (χ0n) is 7.50. The summed E-state index contributed by atoms with van der Waals surface area (Å²) < 4.78 is 3.00. The summed E-state index contributed by atoms with van der Waals surface area (Å²) in [7, 11) is 1.70. The number of aldehydes is 1. The molecule has 0 radical (unpaired) electrons. The molecule has 66 valence electrons. The topological polar surface area (TPSA) is 44.0 Å². The van der Waals surface area contributed by atoms with Gasteiger partial charge in [-0.1, -0.05) is 0 Å². The number of imidazole rings is 1. The minimum absolute atomic E-state index is 0.128. The van der Waals surface area contributed by atoms with Gasteiger partial charge in [-0.15, -0.1) is 0 Å². The van der Waals surface area contributed by atoms with Crippen molar-refractivity contribution in [2.75, 3.05) is 0 Å². The fourth-order valence-electron chi connectivity index (χ4n) is 1.20. The summed E-state index contributed by atoms with van der Waals surface area (Å²) in [6, 6.07) is 0. The number of aromatic nitrogens is 2. The number of carbonyl (C=O) groups excluding carboxylic acids is 1. The number of hydrogen-bond acceptors (Lipinski definition) is 2. The van der Waals surface area contributed by atoms with E-state index in [1.807, 2.05) is 13.8 Å². The Kier molecular flexibility index (Phi) is 2.17. The maximum absolute atomic E-state index is 11.4. The van der Waals surface area contributed by atoms with E-state index in [1.165, 1.54) is 4.57 Å². The van der Waals surface area contributed by atoms with E-state index in [1.54, 1.807) is 11.6 Å². The van der Waals surface area contributed by atoms with Gasteiger partial charge in [-0.05, 0) is 13.8 Å². The summed E-state index contributed by atoms with van der Waals surface area (Å²) in [6.07, 6.45) is 0.730. The molecule has 0 N–H and O–H groups in total. The first kappa shape index (κ1) is 8.77. The second kappa shape index (κ2) is 2.97. The van der Waals surface area contributed by atoms with Crippen LogP contribution in [0, 0.1) is 13.8 Å². The lowest BCUT2D eigenvalue weighted by Gasteiger charge is -1.95. The van der Waals surface area contributed by atoms with E-state index in [4.69, 9.17) is 0 Å². The summed E-state index contributed by atoms with van der Waals surface area (Å²) in [5.74, 6) is 0. The van der Waals surface area contributed by atoms with Crippen molar-refractivity contribution >= 4 is 6.29 Å². The van der Waals surface area contributed by atoms with E-state index in [9.17, 15) is 9.59 Å². The summed E-state index contributed by atoms with van der Waals surface area (Å²) in [6.45, 7) is 3.84. The molecule has 1 rings (SSSR count). The fraction of sp³-hybridized carbons (Fsp3) is 0.500. The first-order valence-electron chi connectivity index (χ1n) is 3.76. The lowest BCUT2D eigenvalue weighted by atomic mass is 10.4. The molecule has 1 heterocycles. The molecule has 1 aromatic heterocycles. The molecule has 0 fully saturated rings. The molecule has 0 bridgehead atoms. The van der Waals surface area contributed by atoms with Crippen LogP contribution >= 0.6 is 0 Å². The Labute approximate surface area is 70.4 Å². The summed E-state index contributed by atoms with van der Waals surface area (Å²) in [5, 5.41) is 0. The Morgan fingerprint density at radius 1 is 1.33 bits per heavy atom. The second-order valence-electron chi connectivity index (χ2n) is 2.79. The van der Waals surface area contributed by atoms with Gasteiger partial charge in [0.15, 0.2) is 0 Å². The van der Waals surface area contributed by atoms with Crippen LogP contribution < -0.4 is 5.69 Å². The molecule has 0 aromatic carbocycles. The number of hydrogen-bond donors (Lipinski definition) is 0. The zero-order chi connectivity index (χ0) is 9.30. The van der Waals surface area contributed by atoms with Gasteiger partial charge in [0.1, 0.15) is 6.29 Å². The maximum atomic E-state index is 11.4. The smallest absolute Gasteiger partial charge is 0.301 e. The predicted octanol–water partition coefficient (Wildman–Crippen LogP) is 0.00254. The van der Waals surface area contributed by atoms with Crippen molar-refractivity contribution in [2.45, 2.75) is 20.4 Å². The van der Waals surface area contributed by atoms with E-state index in [2.05, 4.69) is 0 Å². The van der Waals surface area contributed by atoms with Gasteiger partial charge in [-0.25, -0.2) is 4.79 Å². The van der Waals surface area contributed by atoms with Crippen molar-refractivity contribution in [2.24, 2.45) is 7.05 Å². The lowest BCUT2D eigenvalue weighted by Crippen LogP contribution is -2.23. The Hall–Kier alpha value is -1.32. The molecule has 0 spiro atoms. The van der Waals surface area contributed by atoms with Gasteiger partial charge < -0.3 is 4.79 Å². The third-order valence-electron chi connectivity index (χ3n) is 2.21. The summed E-state index contributed by atoms with van der Waals surface area (Å²) >= 11 is 0. The zero-order valence-corrected chi connectivity index (χ0v) is 7.50. The second-order valence-corrected chi connectivity index (χ2v) is 2.79. The number of rotatable bonds is 2. The largest absolute Gasteiger partial charge is 0.328 e. The molecule has 0 aliphatic carbocycles. The Balaban J connectivity index is 3.37. The number of nitrogens with zero attached hydrogens (tertiary/aromatic N) is 2. The quantitative estimate of drug-likeness (QED) is 0.583. The van der Waals surface area contributed by atoms with E-state index < -0.39 is 0 Å². The first-order chi connectivity index (χ1) is 5.59. The molecule has 4 heteroatoms. The number of carbonyl (C=O) groups is 1. The standard InChI is InChI=1S/C8H12N2O2/c1-6-7(2)10(4-5-11)8(12)9(6)3/h5H,4H2,1-3H3. The molecule has 0 amide bonds. The average Bonchev–Trinajstić information content (AvgIpc) is 2.23.